The zero-order valence-electron chi connectivity index (χ0n) is 5.93. The first-order valence-corrected chi connectivity index (χ1v) is 3.70. The molecule has 0 aromatic rings. The molecule has 0 rings (SSSR count). The van der Waals surface area contributed by atoms with Crippen molar-refractivity contribution in [3.05, 3.63) is 0 Å². The molecule has 50 valence electrons. The Bertz CT molecular complexity index is 63.4. The summed E-state index contributed by atoms with van der Waals surface area (Å²) in [6.07, 6.45) is 0. The fourth-order valence-electron chi connectivity index (χ4n) is 0.577. The third kappa shape index (κ3) is 6.31. The van der Waals surface area contributed by atoms with Crippen molar-refractivity contribution in [2.24, 2.45) is 0 Å². The second-order valence-electron chi connectivity index (χ2n) is 2.61. The molecule has 0 radical (unpaired) electrons. The summed E-state index contributed by atoms with van der Waals surface area (Å²) in [7, 11) is 0. The lowest BCUT2D eigenvalue weighted by atomic mass is 10.5. The van der Waals surface area contributed by atoms with Crippen LogP contribution in [0.25, 0.3) is 0 Å². The average molecular weight is 134 g/mol. The maximum Gasteiger partial charge on any atom is 0.105 e. The van der Waals surface area contributed by atoms with Crippen LogP contribution >= 0.6 is 11.8 Å². The van der Waals surface area contributed by atoms with Crippen molar-refractivity contribution < 1.29 is 5.11 Å². The summed E-state index contributed by atoms with van der Waals surface area (Å²) in [5.74, 6) is 0. The molecular weight excluding hydrogens is 120 g/mol. The van der Waals surface area contributed by atoms with E-state index in [9.17, 15) is 0 Å². The summed E-state index contributed by atoms with van der Waals surface area (Å²) in [6.45, 7) is 7.75. The third-order valence-corrected chi connectivity index (χ3v) is 1.57. The molecule has 8 heavy (non-hydrogen) atoms. The maximum atomic E-state index is 9.15. The van der Waals surface area contributed by atoms with Crippen LogP contribution < -0.4 is 0 Å². The van der Waals surface area contributed by atoms with Gasteiger partial charge in [0.2, 0.25) is 0 Å². The number of thioether (sulfide) groups is 1. The second kappa shape index (κ2) is 2.74. The Morgan fingerprint density at radius 1 is 1.38 bits per heavy atom. The first-order valence-electron chi connectivity index (χ1n) is 2.82. The van der Waals surface area contributed by atoms with Crippen molar-refractivity contribution in [3.63, 3.8) is 0 Å². The minimum Gasteiger partial charge on any atom is -0.380 e. The van der Waals surface area contributed by atoms with E-state index in [4.69, 9.17) is 5.11 Å². The van der Waals surface area contributed by atoms with Gasteiger partial charge < -0.3 is 5.11 Å². The zero-order valence-corrected chi connectivity index (χ0v) is 6.75. The van der Waals surface area contributed by atoms with Crippen molar-refractivity contribution in [2.45, 2.75) is 37.9 Å². The first-order chi connectivity index (χ1) is 3.42. The van der Waals surface area contributed by atoms with E-state index in [-0.39, 0.29) is 0 Å². The van der Waals surface area contributed by atoms with E-state index in [2.05, 4.69) is 13.8 Å². The van der Waals surface area contributed by atoms with E-state index in [0.717, 1.165) is 0 Å². The molecule has 0 aromatic carbocycles. The quantitative estimate of drug-likeness (QED) is 0.582. The van der Waals surface area contributed by atoms with Crippen LogP contribution in [0.5, 0.6) is 0 Å². The number of aliphatic hydroxyl groups is 1. The molecule has 0 aliphatic carbocycles. The molecule has 0 aromatic heterocycles. The van der Waals surface area contributed by atoms with Crippen molar-refractivity contribution in [1.82, 2.24) is 0 Å². The molecule has 0 bridgehead atoms. The fraction of sp³-hybridized carbons (Fsp3) is 1.00. The van der Waals surface area contributed by atoms with E-state index >= 15 is 0 Å². The average Bonchev–Trinajstić information content (AvgIpc) is 1.21. The van der Waals surface area contributed by atoms with Crippen LogP contribution in [0.4, 0.5) is 0 Å². The molecule has 2 heteroatoms. The normalized spacial score (nSPS) is 12.8. The van der Waals surface area contributed by atoms with Gasteiger partial charge in [-0.25, -0.2) is 0 Å². The Labute approximate surface area is 55.5 Å². The van der Waals surface area contributed by atoms with Gasteiger partial charge in [-0.2, -0.15) is 0 Å². The van der Waals surface area contributed by atoms with Gasteiger partial charge in [-0.3, -0.25) is 0 Å². The maximum absolute atomic E-state index is 9.15. The second-order valence-corrected chi connectivity index (χ2v) is 4.79. The van der Waals surface area contributed by atoms with Crippen LogP contribution in [0.15, 0.2) is 0 Å². The van der Waals surface area contributed by atoms with Crippen molar-refractivity contribution in [2.75, 3.05) is 0 Å². The number of hydrogen-bond donors (Lipinski definition) is 1. The van der Waals surface area contributed by atoms with Crippen LogP contribution in [-0.4, -0.2) is 15.3 Å². The van der Waals surface area contributed by atoms with Gasteiger partial charge in [0.15, 0.2) is 0 Å². The van der Waals surface area contributed by atoms with Gasteiger partial charge in [0.1, 0.15) is 4.93 Å². The molecule has 0 saturated carbocycles. The molecule has 0 aliphatic rings. The monoisotopic (exact) mass is 134 g/mol. The van der Waals surface area contributed by atoms with E-state index in [1.165, 1.54) is 0 Å². The van der Waals surface area contributed by atoms with E-state index in [1.807, 2.05) is 0 Å². The smallest absolute Gasteiger partial charge is 0.105 e. The van der Waals surface area contributed by atoms with Crippen molar-refractivity contribution >= 4 is 11.8 Å². The topological polar surface area (TPSA) is 20.2 Å². The summed E-state index contributed by atoms with van der Waals surface area (Å²) < 4.78 is 0. The molecule has 0 spiro atoms. The predicted molar refractivity (Wildman–Crippen MR) is 39.0 cm³/mol. The Balaban J connectivity index is 3.39. The molecule has 0 fully saturated rings. The zero-order chi connectivity index (χ0) is 6.78. The Morgan fingerprint density at radius 3 is 1.75 bits per heavy atom. The highest BCUT2D eigenvalue weighted by molar-refractivity contribution is 8.00. The van der Waals surface area contributed by atoms with Crippen LogP contribution in [0.3, 0.4) is 0 Å². The predicted octanol–water partition coefficient (Wildman–Crippen LogP) is 1.86. The van der Waals surface area contributed by atoms with Crippen LogP contribution in [0, 0.1) is 0 Å². The Kier molecular flexibility index (Phi) is 2.84. The molecule has 1 nitrogen and oxygen atoms in total. The molecule has 0 saturated heterocycles. The molecular formula is C6H14OS. The molecule has 1 N–H and O–H groups in total. The first kappa shape index (κ1) is 8.31. The molecule has 0 heterocycles. The van der Waals surface area contributed by atoms with E-state index < -0.39 is 4.93 Å². The highest BCUT2D eigenvalue weighted by atomic mass is 32.2. The summed E-state index contributed by atoms with van der Waals surface area (Å²) in [6, 6.07) is 0. The summed E-state index contributed by atoms with van der Waals surface area (Å²) in [5, 5.41) is 9.66. The standard InChI is InChI=1S/C6H14OS/c1-5(2)8-6(3,4)7/h5,7H,1-4H3. The van der Waals surface area contributed by atoms with Crippen LogP contribution in [0.2, 0.25) is 0 Å². The van der Waals surface area contributed by atoms with Gasteiger partial charge in [0.05, 0.1) is 0 Å². The van der Waals surface area contributed by atoms with Gasteiger partial charge in [-0.1, -0.05) is 13.8 Å². The lowest BCUT2D eigenvalue weighted by Crippen LogP contribution is -2.15. The van der Waals surface area contributed by atoms with E-state index in [1.54, 1.807) is 25.6 Å². The molecule has 0 atom stereocenters. The minimum absolute atomic E-state index is 0.509. The summed E-state index contributed by atoms with van der Waals surface area (Å²) >= 11 is 1.57. The van der Waals surface area contributed by atoms with Gasteiger partial charge in [0, 0.05) is 5.25 Å². The lowest BCUT2D eigenvalue weighted by Gasteiger charge is -2.18. The van der Waals surface area contributed by atoms with Gasteiger partial charge in [-0.05, 0) is 13.8 Å². The van der Waals surface area contributed by atoms with Gasteiger partial charge in [-0.15, -0.1) is 11.8 Å². The number of rotatable bonds is 2. The van der Waals surface area contributed by atoms with Crippen molar-refractivity contribution in [1.29, 1.82) is 0 Å². The van der Waals surface area contributed by atoms with Crippen molar-refractivity contribution in [3.8, 4) is 0 Å². The molecule has 0 aliphatic heterocycles. The Hall–Kier alpha value is 0.310. The fourth-order valence-corrected chi connectivity index (χ4v) is 1.73. The number of hydrogen-bond acceptors (Lipinski definition) is 2. The highest BCUT2D eigenvalue weighted by Gasteiger charge is 2.13. The highest BCUT2D eigenvalue weighted by Crippen LogP contribution is 2.24. The van der Waals surface area contributed by atoms with Gasteiger partial charge in [0.25, 0.3) is 0 Å². The summed E-state index contributed by atoms with van der Waals surface area (Å²) in [4.78, 5) is -0.561. The summed E-state index contributed by atoms with van der Waals surface area (Å²) in [5.41, 5.74) is 0. The largest absolute Gasteiger partial charge is 0.380 e. The van der Waals surface area contributed by atoms with Crippen LogP contribution in [0.1, 0.15) is 27.7 Å². The molecule has 0 amide bonds. The van der Waals surface area contributed by atoms with Crippen LogP contribution in [-0.2, 0) is 0 Å². The lowest BCUT2D eigenvalue weighted by molar-refractivity contribution is 0.178. The van der Waals surface area contributed by atoms with E-state index in [0.29, 0.717) is 5.25 Å². The van der Waals surface area contributed by atoms with Gasteiger partial charge >= 0.3 is 0 Å². The Morgan fingerprint density at radius 2 is 1.75 bits per heavy atom. The molecule has 0 unspecified atom stereocenters. The SMILES string of the molecule is CC(C)SC(C)(C)O. The minimum atomic E-state index is -0.561. The third-order valence-electron chi connectivity index (χ3n) is 0.524.